The van der Waals surface area contributed by atoms with Gasteiger partial charge < -0.3 is 4.42 Å². The van der Waals surface area contributed by atoms with Crippen LogP contribution in [0.3, 0.4) is 0 Å². The highest BCUT2D eigenvalue weighted by atomic mass is 16.3. The zero-order valence-corrected chi connectivity index (χ0v) is 7.78. The first kappa shape index (κ1) is 9.52. The minimum absolute atomic E-state index is 0.694. The molecule has 0 radical (unpaired) electrons. The molecule has 0 atom stereocenters. The van der Waals surface area contributed by atoms with E-state index in [2.05, 4.69) is 0 Å². The van der Waals surface area contributed by atoms with Gasteiger partial charge in [0.15, 0.2) is 0 Å². The number of carbonyl (C=O) groups is 1. The van der Waals surface area contributed by atoms with E-state index in [1.54, 1.807) is 19.1 Å². The van der Waals surface area contributed by atoms with E-state index in [0.29, 0.717) is 5.57 Å². The smallest absolute Gasteiger partial charge is 0.145 e. The third kappa shape index (κ3) is 3.11. The molecule has 1 aromatic heterocycles. The van der Waals surface area contributed by atoms with Crippen molar-refractivity contribution in [2.45, 2.75) is 13.8 Å². The normalized spacial score (nSPS) is 12.3. The second-order valence-corrected chi connectivity index (χ2v) is 2.84. The maximum atomic E-state index is 10.2. The molecule has 68 valence electrons. The molecule has 1 aromatic rings. The molecule has 0 aliphatic carbocycles. The molecule has 1 rings (SSSR count). The second-order valence-electron chi connectivity index (χ2n) is 2.84. The molecule has 0 unspecified atom stereocenters. The number of hydrogen-bond acceptors (Lipinski definition) is 2. The molecule has 0 aromatic carbocycles. The fraction of sp³-hybridized carbons (Fsp3) is 0.182. The fourth-order valence-electron chi connectivity index (χ4n) is 0.877. The fourth-order valence-corrected chi connectivity index (χ4v) is 0.877. The second kappa shape index (κ2) is 4.45. The van der Waals surface area contributed by atoms with Crippen LogP contribution < -0.4 is 0 Å². The Morgan fingerprint density at radius 2 is 2.23 bits per heavy atom. The number of carbonyl (C=O) groups excluding carboxylic acids is 1. The van der Waals surface area contributed by atoms with Gasteiger partial charge in [0.25, 0.3) is 0 Å². The largest absolute Gasteiger partial charge is 0.462 e. The molecule has 0 bridgehead atoms. The highest BCUT2D eigenvalue weighted by Crippen LogP contribution is 2.07. The van der Waals surface area contributed by atoms with Crippen molar-refractivity contribution in [1.29, 1.82) is 0 Å². The molecule has 0 aliphatic heterocycles. The van der Waals surface area contributed by atoms with Crippen molar-refractivity contribution in [2.75, 3.05) is 0 Å². The Morgan fingerprint density at radius 3 is 2.77 bits per heavy atom. The predicted octanol–water partition coefficient (Wildman–Crippen LogP) is 2.75. The van der Waals surface area contributed by atoms with Gasteiger partial charge in [0, 0.05) is 0 Å². The van der Waals surface area contributed by atoms with Crippen LogP contribution in [-0.2, 0) is 4.79 Å². The number of hydrogen-bond donors (Lipinski definition) is 0. The molecule has 13 heavy (non-hydrogen) atoms. The van der Waals surface area contributed by atoms with Crippen LogP contribution in [0.1, 0.15) is 18.4 Å². The van der Waals surface area contributed by atoms with E-state index < -0.39 is 0 Å². The lowest BCUT2D eigenvalue weighted by molar-refractivity contribution is -0.104. The SMILES string of the molecule is C/C(C=O)=C\C=C\c1ccc(C)o1. The van der Waals surface area contributed by atoms with E-state index in [1.165, 1.54) is 0 Å². The maximum absolute atomic E-state index is 10.2. The Balaban J connectivity index is 2.64. The third-order valence-corrected chi connectivity index (χ3v) is 1.57. The topological polar surface area (TPSA) is 30.2 Å². The number of furan rings is 1. The molecule has 0 saturated carbocycles. The van der Waals surface area contributed by atoms with Crippen LogP contribution in [0, 0.1) is 6.92 Å². The molecule has 0 aliphatic rings. The average molecular weight is 176 g/mol. The summed E-state index contributed by atoms with van der Waals surface area (Å²) in [4.78, 5) is 10.2. The van der Waals surface area contributed by atoms with Crippen molar-refractivity contribution in [1.82, 2.24) is 0 Å². The molecule has 2 nitrogen and oxygen atoms in total. The van der Waals surface area contributed by atoms with Gasteiger partial charge >= 0.3 is 0 Å². The summed E-state index contributed by atoms with van der Waals surface area (Å²) in [6.07, 6.45) is 6.17. The van der Waals surface area contributed by atoms with Crippen molar-refractivity contribution in [3.8, 4) is 0 Å². The lowest BCUT2D eigenvalue weighted by Gasteiger charge is -1.83. The molecule has 1 heterocycles. The van der Waals surface area contributed by atoms with Gasteiger partial charge in [0.2, 0.25) is 0 Å². The van der Waals surface area contributed by atoms with Crippen molar-refractivity contribution in [3.63, 3.8) is 0 Å². The highest BCUT2D eigenvalue weighted by Gasteiger charge is 1.90. The van der Waals surface area contributed by atoms with Crippen LogP contribution in [0.2, 0.25) is 0 Å². The van der Waals surface area contributed by atoms with Gasteiger partial charge in [0.1, 0.15) is 17.8 Å². The average Bonchev–Trinajstić information content (AvgIpc) is 2.51. The van der Waals surface area contributed by atoms with Crippen LogP contribution in [0.5, 0.6) is 0 Å². The number of allylic oxidation sites excluding steroid dienone is 3. The highest BCUT2D eigenvalue weighted by molar-refractivity contribution is 5.73. The monoisotopic (exact) mass is 176 g/mol. The molecular formula is C11H12O2. The zero-order valence-electron chi connectivity index (χ0n) is 7.78. The first-order chi connectivity index (χ1) is 6.22. The Kier molecular flexibility index (Phi) is 3.26. The van der Waals surface area contributed by atoms with E-state index >= 15 is 0 Å². The van der Waals surface area contributed by atoms with E-state index in [0.717, 1.165) is 17.8 Å². The first-order valence-corrected chi connectivity index (χ1v) is 4.09. The van der Waals surface area contributed by atoms with Crippen LogP contribution in [0.4, 0.5) is 0 Å². The van der Waals surface area contributed by atoms with Gasteiger partial charge in [-0.2, -0.15) is 0 Å². The Morgan fingerprint density at radius 1 is 1.46 bits per heavy atom. The summed E-state index contributed by atoms with van der Waals surface area (Å²) in [6, 6.07) is 3.78. The van der Waals surface area contributed by atoms with Gasteiger partial charge in [-0.3, -0.25) is 4.79 Å². The van der Waals surface area contributed by atoms with E-state index in [9.17, 15) is 4.79 Å². The molecular weight excluding hydrogens is 164 g/mol. The van der Waals surface area contributed by atoms with E-state index in [1.807, 2.05) is 25.1 Å². The summed E-state index contributed by atoms with van der Waals surface area (Å²) >= 11 is 0. The Labute approximate surface area is 77.6 Å². The number of aryl methyl sites for hydroxylation is 1. The summed E-state index contributed by atoms with van der Waals surface area (Å²) in [5, 5.41) is 0. The van der Waals surface area contributed by atoms with Gasteiger partial charge in [-0.15, -0.1) is 0 Å². The van der Waals surface area contributed by atoms with E-state index in [4.69, 9.17) is 4.42 Å². The molecule has 0 fully saturated rings. The molecule has 0 spiro atoms. The van der Waals surface area contributed by atoms with Crippen molar-refractivity contribution >= 4 is 12.4 Å². The number of aldehydes is 1. The lowest BCUT2D eigenvalue weighted by atomic mass is 10.3. The molecule has 2 heteroatoms. The summed E-state index contributed by atoms with van der Waals surface area (Å²) in [7, 11) is 0. The van der Waals surface area contributed by atoms with Crippen LogP contribution in [0.25, 0.3) is 6.08 Å². The molecule has 0 saturated heterocycles. The Bertz CT molecular complexity index is 343. The number of rotatable bonds is 3. The third-order valence-electron chi connectivity index (χ3n) is 1.57. The quantitative estimate of drug-likeness (QED) is 0.402. The van der Waals surface area contributed by atoms with Crippen LogP contribution >= 0.6 is 0 Å². The first-order valence-electron chi connectivity index (χ1n) is 4.09. The molecule has 0 N–H and O–H groups in total. The predicted molar refractivity (Wildman–Crippen MR) is 52.3 cm³/mol. The maximum Gasteiger partial charge on any atom is 0.145 e. The zero-order chi connectivity index (χ0) is 9.68. The van der Waals surface area contributed by atoms with E-state index in [-0.39, 0.29) is 0 Å². The Hall–Kier alpha value is -1.57. The van der Waals surface area contributed by atoms with Crippen LogP contribution in [-0.4, -0.2) is 6.29 Å². The van der Waals surface area contributed by atoms with Gasteiger partial charge in [-0.05, 0) is 37.6 Å². The van der Waals surface area contributed by atoms with Crippen molar-refractivity contribution in [2.24, 2.45) is 0 Å². The summed E-state index contributed by atoms with van der Waals surface area (Å²) < 4.78 is 5.29. The van der Waals surface area contributed by atoms with Crippen molar-refractivity contribution < 1.29 is 9.21 Å². The summed E-state index contributed by atoms with van der Waals surface area (Å²) in [5.74, 6) is 1.68. The summed E-state index contributed by atoms with van der Waals surface area (Å²) in [5.41, 5.74) is 0.694. The lowest BCUT2D eigenvalue weighted by Crippen LogP contribution is -1.72. The standard InChI is InChI=1S/C11H12O2/c1-9(8-12)4-3-5-11-7-6-10(2)13-11/h3-8H,1-2H3/b5-3+,9-4+. The minimum Gasteiger partial charge on any atom is -0.462 e. The van der Waals surface area contributed by atoms with Gasteiger partial charge in [-0.1, -0.05) is 12.2 Å². The van der Waals surface area contributed by atoms with Gasteiger partial charge in [-0.25, -0.2) is 0 Å². The van der Waals surface area contributed by atoms with Gasteiger partial charge in [0.05, 0.1) is 0 Å². The van der Waals surface area contributed by atoms with Crippen LogP contribution in [0.15, 0.2) is 34.3 Å². The minimum atomic E-state index is 0.694. The molecule has 0 amide bonds. The summed E-state index contributed by atoms with van der Waals surface area (Å²) in [6.45, 7) is 3.65. The van der Waals surface area contributed by atoms with Crippen molar-refractivity contribution in [3.05, 3.63) is 41.4 Å².